The van der Waals surface area contributed by atoms with Crippen LogP contribution in [-0.4, -0.2) is 22.5 Å². The van der Waals surface area contributed by atoms with Crippen molar-refractivity contribution in [2.45, 2.75) is 5.22 Å². The van der Waals surface area contributed by atoms with Crippen molar-refractivity contribution in [2.24, 2.45) is 5.10 Å². The Labute approximate surface area is 183 Å². The molecule has 1 amide bonds. The van der Waals surface area contributed by atoms with Gasteiger partial charge in [0.2, 0.25) is 5.90 Å². The molecule has 0 unspecified atom stereocenters. The summed E-state index contributed by atoms with van der Waals surface area (Å²) in [5.41, 5.74) is 5.66. The fourth-order valence-electron chi connectivity index (χ4n) is 3.19. The molecule has 1 N–H and O–H groups in total. The van der Waals surface area contributed by atoms with Gasteiger partial charge in [-0.25, -0.2) is 10.4 Å². The summed E-state index contributed by atoms with van der Waals surface area (Å²) in [6, 6.07) is 26.8. The second-order valence-corrected chi connectivity index (χ2v) is 7.65. The molecule has 3 aromatic carbocycles. The smallest absolute Gasteiger partial charge is 0.275 e. The molecule has 0 spiro atoms. The van der Waals surface area contributed by atoms with E-state index in [9.17, 15) is 4.79 Å². The number of hydrogen-bond acceptors (Lipinski definition) is 6. The standard InChI is InChI=1S/C24H17N3O3S/c28-23-18-13-7-8-14-19(18)29-20(26-27-23)15-31-24-25-21(16-9-3-1-4-10-16)22(30-24)17-11-5-2-6-12-17/h1-14H,15H2,(H,27,28). The molecule has 5 rings (SSSR count). The van der Waals surface area contributed by atoms with Crippen molar-refractivity contribution in [1.82, 2.24) is 10.4 Å². The number of amides is 1. The molecular formula is C24H17N3O3S. The number of benzene rings is 3. The van der Waals surface area contributed by atoms with E-state index in [0.29, 0.717) is 33.9 Å². The Bertz CT molecular complexity index is 1200. The number of thioether (sulfide) groups is 1. The number of hydrazone groups is 1. The number of rotatable bonds is 5. The van der Waals surface area contributed by atoms with Crippen molar-refractivity contribution in [1.29, 1.82) is 0 Å². The van der Waals surface area contributed by atoms with E-state index in [1.807, 2.05) is 66.7 Å². The number of oxazole rings is 1. The van der Waals surface area contributed by atoms with E-state index in [0.717, 1.165) is 16.8 Å². The van der Waals surface area contributed by atoms with Crippen molar-refractivity contribution in [2.75, 3.05) is 5.75 Å². The van der Waals surface area contributed by atoms with E-state index >= 15 is 0 Å². The van der Waals surface area contributed by atoms with Crippen molar-refractivity contribution >= 4 is 23.6 Å². The van der Waals surface area contributed by atoms with Crippen LogP contribution in [0.1, 0.15) is 10.4 Å². The van der Waals surface area contributed by atoms with Gasteiger partial charge in [0, 0.05) is 11.1 Å². The van der Waals surface area contributed by atoms with Crippen molar-refractivity contribution in [3.05, 3.63) is 90.5 Å². The van der Waals surface area contributed by atoms with E-state index in [1.54, 1.807) is 18.2 Å². The summed E-state index contributed by atoms with van der Waals surface area (Å²) < 4.78 is 12.0. The number of para-hydroxylation sites is 1. The van der Waals surface area contributed by atoms with Gasteiger partial charge in [0.25, 0.3) is 11.1 Å². The largest absolute Gasteiger partial charge is 0.440 e. The highest BCUT2D eigenvalue weighted by molar-refractivity contribution is 7.99. The number of hydrogen-bond donors (Lipinski definition) is 1. The molecule has 0 saturated carbocycles. The minimum Gasteiger partial charge on any atom is -0.440 e. The number of ether oxygens (including phenoxy) is 1. The molecule has 0 atom stereocenters. The zero-order chi connectivity index (χ0) is 21.0. The highest BCUT2D eigenvalue weighted by Gasteiger charge is 2.21. The fraction of sp³-hybridized carbons (Fsp3) is 0.0417. The molecular weight excluding hydrogens is 410 g/mol. The predicted octanol–water partition coefficient (Wildman–Crippen LogP) is 5.24. The molecule has 1 aromatic heterocycles. The Morgan fingerprint density at radius 3 is 2.29 bits per heavy atom. The summed E-state index contributed by atoms with van der Waals surface area (Å²) in [5, 5.41) is 4.58. The zero-order valence-electron chi connectivity index (χ0n) is 16.3. The van der Waals surface area contributed by atoms with Gasteiger partial charge in [0.15, 0.2) is 5.76 Å². The number of nitrogens with zero attached hydrogens (tertiary/aromatic N) is 2. The van der Waals surface area contributed by atoms with Crippen molar-refractivity contribution in [3.8, 4) is 28.3 Å². The monoisotopic (exact) mass is 427 g/mol. The van der Waals surface area contributed by atoms with Gasteiger partial charge in [-0.2, -0.15) is 0 Å². The lowest BCUT2D eigenvalue weighted by Crippen LogP contribution is -2.18. The van der Waals surface area contributed by atoms with Gasteiger partial charge < -0.3 is 9.15 Å². The normalized spacial score (nSPS) is 12.9. The lowest BCUT2D eigenvalue weighted by Gasteiger charge is -2.06. The van der Waals surface area contributed by atoms with Gasteiger partial charge in [-0.15, -0.1) is 5.10 Å². The van der Waals surface area contributed by atoms with Crippen LogP contribution in [0, 0.1) is 0 Å². The van der Waals surface area contributed by atoms with Crippen molar-refractivity contribution in [3.63, 3.8) is 0 Å². The molecule has 0 bridgehead atoms. The van der Waals surface area contributed by atoms with E-state index in [2.05, 4.69) is 10.5 Å². The summed E-state index contributed by atoms with van der Waals surface area (Å²) in [5.74, 6) is 1.58. The Hall–Kier alpha value is -3.84. The second kappa shape index (κ2) is 8.49. The first-order valence-corrected chi connectivity index (χ1v) is 10.6. The Morgan fingerprint density at radius 1 is 0.839 bits per heavy atom. The summed E-state index contributed by atoms with van der Waals surface area (Å²) in [6.45, 7) is 0. The third kappa shape index (κ3) is 4.08. The van der Waals surface area contributed by atoms with Crippen LogP contribution >= 0.6 is 11.8 Å². The third-order valence-corrected chi connectivity index (χ3v) is 5.46. The van der Waals surface area contributed by atoms with Gasteiger partial charge >= 0.3 is 0 Å². The van der Waals surface area contributed by atoms with E-state index < -0.39 is 0 Å². The zero-order valence-corrected chi connectivity index (χ0v) is 17.1. The van der Waals surface area contributed by atoms with Crippen LogP contribution in [0.4, 0.5) is 0 Å². The number of nitrogens with one attached hydrogen (secondary N) is 1. The lowest BCUT2D eigenvalue weighted by atomic mass is 10.1. The maximum Gasteiger partial charge on any atom is 0.275 e. The van der Waals surface area contributed by atoms with Gasteiger partial charge in [-0.3, -0.25) is 4.79 Å². The molecule has 0 fully saturated rings. The summed E-state index contributed by atoms with van der Waals surface area (Å²) in [6.07, 6.45) is 0. The van der Waals surface area contributed by atoms with Crippen LogP contribution in [0.15, 0.2) is 99.7 Å². The number of carbonyl (C=O) groups is 1. The van der Waals surface area contributed by atoms with E-state index in [-0.39, 0.29) is 5.91 Å². The van der Waals surface area contributed by atoms with Crippen LogP contribution in [-0.2, 0) is 0 Å². The predicted molar refractivity (Wildman–Crippen MR) is 120 cm³/mol. The topological polar surface area (TPSA) is 76.7 Å². The molecule has 0 saturated heterocycles. The van der Waals surface area contributed by atoms with E-state index in [4.69, 9.17) is 14.1 Å². The molecule has 31 heavy (non-hydrogen) atoms. The highest BCUT2D eigenvalue weighted by Crippen LogP contribution is 2.35. The van der Waals surface area contributed by atoms with Gasteiger partial charge in [-0.05, 0) is 12.1 Å². The highest BCUT2D eigenvalue weighted by atomic mass is 32.2. The van der Waals surface area contributed by atoms with Gasteiger partial charge in [-0.1, -0.05) is 84.6 Å². The Kier molecular flexibility index (Phi) is 5.24. The summed E-state index contributed by atoms with van der Waals surface area (Å²) in [4.78, 5) is 16.9. The summed E-state index contributed by atoms with van der Waals surface area (Å²) >= 11 is 1.35. The molecule has 152 valence electrons. The number of aromatic nitrogens is 1. The number of fused-ring (bicyclic) bond motifs is 1. The van der Waals surface area contributed by atoms with Crippen LogP contribution < -0.4 is 10.2 Å². The Morgan fingerprint density at radius 2 is 1.52 bits per heavy atom. The molecule has 4 aromatic rings. The molecule has 0 aliphatic carbocycles. The minimum atomic E-state index is -0.301. The van der Waals surface area contributed by atoms with Gasteiger partial charge in [0.1, 0.15) is 11.4 Å². The molecule has 6 nitrogen and oxygen atoms in total. The average Bonchev–Trinajstić information content (AvgIpc) is 3.19. The quantitative estimate of drug-likeness (QED) is 0.441. The van der Waals surface area contributed by atoms with Gasteiger partial charge in [0.05, 0.1) is 11.3 Å². The molecule has 7 heteroatoms. The maximum atomic E-state index is 12.2. The van der Waals surface area contributed by atoms with Crippen LogP contribution in [0.3, 0.4) is 0 Å². The molecule has 0 radical (unpaired) electrons. The first-order valence-electron chi connectivity index (χ1n) is 9.66. The Balaban J connectivity index is 1.41. The fourth-order valence-corrected chi connectivity index (χ4v) is 3.86. The molecule has 1 aliphatic heterocycles. The summed E-state index contributed by atoms with van der Waals surface area (Å²) in [7, 11) is 0. The second-order valence-electron chi connectivity index (χ2n) is 6.72. The first kappa shape index (κ1) is 19.1. The minimum absolute atomic E-state index is 0.301. The molecule has 2 heterocycles. The molecule has 1 aliphatic rings. The van der Waals surface area contributed by atoms with Crippen molar-refractivity contribution < 1.29 is 13.9 Å². The van der Waals surface area contributed by atoms with E-state index in [1.165, 1.54) is 11.8 Å². The SMILES string of the molecule is O=C1NN=C(CSc2nc(-c3ccccc3)c(-c3ccccc3)o2)Oc2ccccc21. The first-order chi connectivity index (χ1) is 15.3. The van der Waals surface area contributed by atoms with Crippen LogP contribution in [0.25, 0.3) is 22.6 Å². The average molecular weight is 427 g/mol. The van der Waals surface area contributed by atoms with Crippen LogP contribution in [0.2, 0.25) is 0 Å². The van der Waals surface area contributed by atoms with Crippen LogP contribution in [0.5, 0.6) is 5.75 Å². The third-order valence-electron chi connectivity index (χ3n) is 4.65. The maximum absolute atomic E-state index is 12.2. The lowest BCUT2D eigenvalue weighted by molar-refractivity contribution is 0.0955. The number of carbonyl (C=O) groups excluding carboxylic acids is 1.